The molecule has 0 spiro atoms. The lowest BCUT2D eigenvalue weighted by Gasteiger charge is -2.43. The number of benzene rings is 2. The van der Waals surface area contributed by atoms with E-state index < -0.39 is 44.0 Å². The summed E-state index contributed by atoms with van der Waals surface area (Å²) in [4.78, 5) is 12.5. The summed E-state index contributed by atoms with van der Waals surface area (Å²) in [6.45, 7) is 3.85. The molecule has 2 fully saturated rings. The second kappa shape index (κ2) is 8.84. The van der Waals surface area contributed by atoms with E-state index in [0.717, 1.165) is 6.07 Å². The molecule has 0 radical (unpaired) electrons. The number of amides is 1. The van der Waals surface area contributed by atoms with Crippen molar-refractivity contribution in [2.45, 2.75) is 55.3 Å². The van der Waals surface area contributed by atoms with Gasteiger partial charge in [0.1, 0.15) is 0 Å². The van der Waals surface area contributed by atoms with Crippen molar-refractivity contribution < 1.29 is 31.5 Å². The summed E-state index contributed by atoms with van der Waals surface area (Å²) in [5, 5.41) is 12.5. The van der Waals surface area contributed by atoms with Gasteiger partial charge in [-0.15, -0.1) is 0 Å². The Morgan fingerprint density at radius 1 is 1.09 bits per heavy atom. The van der Waals surface area contributed by atoms with Gasteiger partial charge in [-0.2, -0.15) is 0 Å². The molecule has 0 heterocycles. The molecule has 0 saturated heterocycles. The first kappa shape index (κ1) is 25.0. The Hall–Kier alpha value is -2.10. The molecule has 2 N–H and O–H groups in total. The van der Waals surface area contributed by atoms with E-state index >= 15 is 0 Å². The molecule has 0 aromatic heterocycles. The van der Waals surface area contributed by atoms with E-state index in [1.54, 1.807) is 0 Å². The first-order valence-corrected chi connectivity index (χ1v) is 13.0. The lowest BCUT2D eigenvalue weighted by molar-refractivity contribution is -0.0566. The van der Waals surface area contributed by atoms with Gasteiger partial charge in [-0.1, -0.05) is 25.4 Å². The van der Waals surface area contributed by atoms with Crippen molar-refractivity contribution in [1.82, 2.24) is 0 Å². The lowest BCUT2D eigenvalue weighted by atomic mass is 9.72. The van der Waals surface area contributed by atoms with Gasteiger partial charge in [0, 0.05) is 23.4 Å². The maximum atomic E-state index is 13.7. The normalized spacial score (nSPS) is 26.6. The van der Waals surface area contributed by atoms with Crippen molar-refractivity contribution in [3.8, 4) is 0 Å². The maximum Gasteiger partial charge on any atom is 0.255 e. The number of carbonyl (C=O) groups excluding carboxylic acids is 1. The topological polar surface area (TPSA) is 83.5 Å². The molecule has 2 aromatic carbocycles. The van der Waals surface area contributed by atoms with Crippen molar-refractivity contribution in [3.63, 3.8) is 0 Å². The van der Waals surface area contributed by atoms with Crippen LogP contribution in [0.25, 0.3) is 0 Å². The fourth-order valence-electron chi connectivity index (χ4n) is 5.39. The van der Waals surface area contributed by atoms with Crippen LogP contribution in [0.5, 0.6) is 0 Å². The Kier molecular flexibility index (Phi) is 6.50. The van der Waals surface area contributed by atoms with Gasteiger partial charge in [-0.3, -0.25) is 4.79 Å². The average molecular weight is 516 g/mol. The molecule has 2 bridgehead atoms. The van der Waals surface area contributed by atoms with Crippen LogP contribution in [0.3, 0.4) is 0 Å². The van der Waals surface area contributed by atoms with Gasteiger partial charge in [0.05, 0.1) is 20.8 Å². The maximum absolute atomic E-state index is 13.7. The van der Waals surface area contributed by atoms with E-state index in [4.69, 9.17) is 11.6 Å². The molecule has 2 aromatic rings. The summed E-state index contributed by atoms with van der Waals surface area (Å²) in [6, 6.07) is 4.97. The molecule has 184 valence electrons. The molecule has 1 amide bonds. The number of hydrogen-bond acceptors (Lipinski definition) is 4. The number of fused-ring (bicyclic) bond motifs is 2. The number of carbonyl (C=O) groups is 1. The zero-order valence-electron chi connectivity index (χ0n) is 18.6. The minimum absolute atomic E-state index is 0.00370. The number of aliphatic hydroxyl groups is 1. The molecule has 2 aliphatic carbocycles. The van der Waals surface area contributed by atoms with Crippen LogP contribution >= 0.6 is 11.6 Å². The van der Waals surface area contributed by atoms with Gasteiger partial charge < -0.3 is 10.4 Å². The van der Waals surface area contributed by atoms with E-state index in [1.165, 1.54) is 12.1 Å². The Bertz CT molecular complexity index is 1210. The van der Waals surface area contributed by atoms with E-state index in [-0.39, 0.29) is 38.9 Å². The number of halogens is 4. The third-order valence-electron chi connectivity index (χ3n) is 7.24. The van der Waals surface area contributed by atoms with Gasteiger partial charge >= 0.3 is 0 Å². The summed E-state index contributed by atoms with van der Waals surface area (Å²) >= 11 is 6.25. The fourth-order valence-corrected chi connectivity index (χ4v) is 8.23. The van der Waals surface area contributed by atoms with Crippen LogP contribution in [-0.2, 0) is 9.84 Å². The molecular weight excluding hydrogens is 491 g/mol. The van der Waals surface area contributed by atoms with Crippen LogP contribution in [0, 0.1) is 35.2 Å². The minimum atomic E-state index is -3.95. The van der Waals surface area contributed by atoms with Gasteiger partial charge in [0.15, 0.2) is 27.3 Å². The summed E-state index contributed by atoms with van der Waals surface area (Å²) < 4.78 is 67.5. The average Bonchev–Trinajstić information content (AvgIpc) is 3.05. The molecular formula is C24H25ClF3NO4S. The van der Waals surface area contributed by atoms with Gasteiger partial charge in [0.25, 0.3) is 5.91 Å². The minimum Gasteiger partial charge on any atom is -0.390 e. The lowest BCUT2D eigenvalue weighted by Crippen LogP contribution is -2.48. The summed E-state index contributed by atoms with van der Waals surface area (Å²) in [7, 11) is -3.95. The van der Waals surface area contributed by atoms with Crippen molar-refractivity contribution in [2.24, 2.45) is 17.8 Å². The quantitative estimate of drug-likeness (QED) is 0.525. The SMILES string of the molecule is CC(C)[C@]1(O)CC2CC[C@@H](C1)C2S(=O)(=O)c1cc(C(=O)Nc2cc(F)c(F)c(F)c2)ccc1Cl. The Morgan fingerprint density at radius 2 is 1.65 bits per heavy atom. The van der Waals surface area contributed by atoms with Gasteiger partial charge in [-0.25, -0.2) is 21.6 Å². The van der Waals surface area contributed by atoms with Crippen LogP contribution in [0.2, 0.25) is 5.02 Å². The van der Waals surface area contributed by atoms with Crippen LogP contribution < -0.4 is 5.32 Å². The first-order valence-electron chi connectivity index (χ1n) is 11.0. The second-order valence-electron chi connectivity index (χ2n) is 9.63. The molecule has 0 aliphatic heterocycles. The Morgan fingerprint density at radius 3 is 2.18 bits per heavy atom. The third-order valence-corrected chi connectivity index (χ3v) is 10.1. The number of hydrogen-bond donors (Lipinski definition) is 2. The molecule has 4 atom stereocenters. The Labute approximate surface area is 201 Å². The molecule has 5 nitrogen and oxygen atoms in total. The molecule has 2 aliphatic rings. The Balaban J connectivity index is 1.63. The molecule has 2 unspecified atom stereocenters. The van der Waals surface area contributed by atoms with E-state index in [9.17, 15) is 31.5 Å². The fraction of sp³-hybridized carbons (Fsp3) is 0.458. The van der Waals surface area contributed by atoms with E-state index in [0.29, 0.717) is 37.8 Å². The number of rotatable bonds is 5. The second-order valence-corrected chi connectivity index (χ2v) is 12.1. The third kappa shape index (κ3) is 4.33. The van der Waals surface area contributed by atoms with E-state index in [2.05, 4.69) is 5.32 Å². The molecule has 10 heteroatoms. The van der Waals surface area contributed by atoms with Gasteiger partial charge in [0.2, 0.25) is 0 Å². The predicted molar refractivity (Wildman–Crippen MR) is 122 cm³/mol. The number of nitrogens with one attached hydrogen (secondary N) is 1. The highest BCUT2D eigenvalue weighted by molar-refractivity contribution is 7.92. The van der Waals surface area contributed by atoms with E-state index in [1.807, 2.05) is 13.8 Å². The smallest absolute Gasteiger partial charge is 0.255 e. The van der Waals surface area contributed by atoms with Crippen LogP contribution in [0.1, 0.15) is 49.9 Å². The highest BCUT2D eigenvalue weighted by atomic mass is 35.5. The summed E-state index contributed by atoms with van der Waals surface area (Å²) in [6.07, 6.45) is 2.13. The first-order chi connectivity index (χ1) is 15.8. The predicted octanol–water partition coefficient (Wildman–Crippen LogP) is 5.36. The van der Waals surface area contributed by atoms with Gasteiger partial charge in [-0.05, 0) is 61.6 Å². The molecule has 34 heavy (non-hydrogen) atoms. The zero-order chi connectivity index (χ0) is 25.0. The van der Waals surface area contributed by atoms with Crippen molar-refractivity contribution in [3.05, 3.63) is 58.4 Å². The number of sulfone groups is 1. The van der Waals surface area contributed by atoms with Crippen LogP contribution in [0.15, 0.2) is 35.2 Å². The van der Waals surface area contributed by atoms with Crippen molar-refractivity contribution >= 4 is 33.0 Å². The largest absolute Gasteiger partial charge is 0.390 e. The summed E-state index contributed by atoms with van der Waals surface area (Å²) in [5.41, 5.74) is -1.32. The van der Waals surface area contributed by atoms with Crippen molar-refractivity contribution in [2.75, 3.05) is 5.32 Å². The number of anilines is 1. The highest BCUT2D eigenvalue weighted by Gasteiger charge is 2.55. The zero-order valence-corrected chi connectivity index (χ0v) is 20.2. The van der Waals surface area contributed by atoms with Crippen LogP contribution in [0.4, 0.5) is 18.9 Å². The monoisotopic (exact) mass is 515 g/mol. The molecule has 2 saturated carbocycles. The standard InChI is InChI=1S/C24H25ClF3NO4S/c1-12(2)24(31)10-14-3-4-15(11-24)22(14)34(32,33)20-7-13(5-6-17(20)25)23(30)29-16-8-18(26)21(28)19(27)9-16/h5-9,12,14-15,22,31H,3-4,10-11H2,1-2H3,(H,29,30)/t14-,15?,22?,24+/m0/s1. The highest BCUT2D eigenvalue weighted by Crippen LogP contribution is 2.53. The van der Waals surface area contributed by atoms with Crippen LogP contribution in [-0.4, -0.2) is 30.3 Å². The van der Waals surface area contributed by atoms with Crippen molar-refractivity contribution in [1.29, 1.82) is 0 Å². The summed E-state index contributed by atoms with van der Waals surface area (Å²) in [5.74, 6) is -5.89. The molecule has 4 rings (SSSR count).